The molecule has 0 radical (unpaired) electrons. The molecule has 114 valence electrons. The molecule has 0 spiro atoms. The van der Waals surface area contributed by atoms with Gasteiger partial charge in [0.05, 0.1) is 17.3 Å². The summed E-state index contributed by atoms with van der Waals surface area (Å²) in [7, 11) is -3.55. The average Bonchev–Trinajstić information content (AvgIpc) is 2.90. The lowest BCUT2D eigenvalue weighted by molar-refractivity contribution is 0.448. The van der Waals surface area contributed by atoms with Crippen LogP contribution in [-0.2, 0) is 22.3 Å². The van der Waals surface area contributed by atoms with Gasteiger partial charge in [-0.05, 0) is 24.3 Å². The first-order chi connectivity index (χ1) is 10.5. The van der Waals surface area contributed by atoms with Gasteiger partial charge >= 0.3 is 0 Å². The van der Waals surface area contributed by atoms with E-state index in [1.54, 1.807) is 36.4 Å². The minimum atomic E-state index is -3.55. The Kier molecular flexibility index (Phi) is 4.10. The summed E-state index contributed by atoms with van der Waals surface area (Å²) in [5.74, 6) is -0.252. The van der Waals surface area contributed by atoms with E-state index in [1.165, 1.54) is 6.20 Å². The van der Waals surface area contributed by atoms with Crippen molar-refractivity contribution in [1.29, 1.82) is 0 Å². The largest absolute Gasteiger partial charge is 0.356 e. The molecule has 0 saturated heterocycles. The Hall–Kier alpha value is -1.96. The standard InChI is InChI=1S/C14H12ClN3O3S/c15-10-5-6-11(16-7-10)8-17-22(19,20)9-13-12-3-1-2-4-14(12)21-18-13/h1-7,17H,8-9H2. The van der Waals surface area contributed by atoms with Gasteiger partial charge in [0.25, 0.3) is 0 Å². The zero-order valence-electron chi connectivity index (χ0n) is 11.4. The smallest absolute Gasteiger partial charge is 0.217 e. The second-order valence-electron chi connectivity index (χ2n) is 4.67. The maximum atomic E-state index is 12.1. The van der Waals surface area contributed by atoms with Crippen LogP contribution in [-0.4, -0.2) is 18.6 Å². The molecule has 0 aliphatic heterocycles. The number of sulfonamides is 1. The van der Waals surface area contributed by atoms with Crippen LogP contribution < -0.4 is 4.72 Å². The van der Waals surface area contributed by atoms with Crippen LogP contribution in [0.3, 0.4) is 0 Å². The highest BCUT2D eigenvalue weighted by Gasteiger charge is 2.17. The SMILES string of the molecule is O=S(=O)(Cc1noc2ccccc12)NCc1ccc(Cl)cn1. The van der Waals surface area contributed by atoms with Crippen LogP contribution >= 0.6 is 11.6 Å². The number of para-hydroxylation sites is 1. The number of nitrogens with zero attached hydrogens (tertiary/aromatic N) is 2. The summed E-state index contributed by atoms with van der Waals surface area (Å²) in [6.45, 7) is 0.0925. The lowest BCUT2D eigenvalue weighted by Gasteiger charge is -2.05. The Balaban J connectivity index is 1.72. The molecule has 3 aromatic rings. The van der Waals surface area contributed by atoms with Crippen LogP contribution in [0.25, 0.3) is 11.0 Å². The van der Waals surface area contributed by atoms with Gasteiger partial charge < -0.3 is 4.52 Å². The highest BCUT2D eigenvalue weighted by molar-refractivity contribution is 7.88. The summed E-state index contributed by atoms with van der Waals surface area (Å²) in [5.41, 5.74) is 1.53. The molecule has 2 heterocycles. The number of hydrogen-bond acceptors (Lipinski definition) is 5. The van der Waals surface area contributed by atoms with Gasteiger partial charge in [0, 0.05) is 11.6 Å². The number of aromatic nitrogens is 2. The Morgan fingerprint density at radius 1 is 1.18 bits per heavy atom. The summed E-state index contributed by atoms with van der Waals surface area (Å²) in [4.78, 5) is 4.04. The van der Waals surface area contributed by atoms with E-state index in [9.17, 15) is 8.42 Å². The van der Waals surface area contributed by atoms with Crippen molar-refractivity contribution in [2.45, 2.75) is 12.3 Å². The van der Waals surface area contributed by atoms with E-state index in [2.05, 4.69) is 14.9 Å². The fourth-order valence-electron chi connectivity index (χ4n) is 1.97. The molecule has 8 heteroatoms. The summed E-state index contributed by atoms with van der Waals surface area (Å²) in [6, 6.07) is 10.4. The third kappa shape index (κ3) is 3.44. The monoisotopic (exact) mass is 337 g/mol. The number of hydrogen-bond donors (Lipinski definition) is 1. The molecule has 0 atom stereocenters. The zero-order valence-corrected chi connectivity index (χ0v) is 12.9. The minimum Gasteiger partial charge on any atom is -0.356 e. The van der Waals surface area contributed by atoms with Crippen LogP contribution in [0.2, 0.25) is 5.02 Å². The quantitative estimate of drug-likeness (QED) is 0.773. The summed E-state index contributed by atoms with van der Waals surface area (Å²) < 4.78 is 31.9. The van der Waals surface area contributed by atoms with Gasteiger partial charge in [0.15, 0.2) is 5.58 Å². The maximum absolute atomic E-state index is 12.1. The molecule has 2 aromatic heterocycles. The van der Waals surface area contributed by atoms with Crippen LogP contribution in [0.15, 0.2) is 47.1 Å². The Bertz CT molecular complexity index is 891. The molecule has 0 bridgehead atoms. The van der Waals surface area contributed by atoms with Gasteiger partial charge in [-0.15, -0.1) is 0 Å². The molecule has 0 amide bonds. The van der Waals surface area contributed by atoms with Gasteiger partial charge in [-0.2, -0.15) is 0 Å². The van der Waals surface area contributed by atoms with E-state index < -0.39 is 10.0 Å². The van der Waals surface area contributed by atoms with Crippen molar-refractivity contribution >= 4 is 32.6 Å². The summed E-state index contributed by atoms with van der Waals surface area (Å²) in [5, 5.41) is 5.01. The van der Waals surface area contributed by atoms with Crippen LogP contribution in [0.1, 0.15) is 11.4 Å². The van der Waals surface area contributed by atoms with Gasteiger partial charge in [0.2, 0.25) is 10.0 Å². The first kappa shape index (κ1) is 15.0. The van der Waals surface area contributed by atoms with Gasteiger partial charge in [-0.3, -0.25) is 4.98 Å². The number of benzene rings is 1. The van der Waals surface area contributed by atoms with Crippen LogP contribution in [0.4, 0.5) is 0 Å². The van der Waals surface area contributed by atoms with Gasteiger partial charge in [-0.25, -0.2) is 13.1 Å². The second kappa shape index (κ2) is 6.04. The molecule has 0 aliphatic carbocycles. The molecule has 1 N–H and O–H groups in total. The van der Waals surface area contributed by atoms with E-state index in [-0.39, 0.29) is 12.3 Å². The van der Waals surface area contributed by atoms with E-state index in [0.717, 1.165) is 0 Å². The number of halogens is 1. The molecule has 1 aromatic carbocycles. The Morgan fingerprint density at radius 2 is 2.00 bits per heavy atom. The first-order valence-corrected chi connectivity index (χ1v) is 8.47. The summed E-state index contributed by atoms with van der Waals surface area (Å²) >= 11 is 5.73. The molecule has 0 fully saturated rings. The second-order valence-corrected chi connectivity index (χ2v) is 6.92. The lowest BCUT2D eigenvalue weighted by atomic mass is 10.2. The third-order valence-electron chi connectivity index (χ3n) is 3.04. The first-order valence-electron chi connectivity index (χ1n) is 6.44. The van der Waals surface area contributed by atoms with E-state index in [4.69, 9.17) is 16.1 Å². The number of rotatable bonds is 5. The van der Waals surface area contributed by atoms with E-state index in [0.29, 0.717) is 27.4 Å². The topological polar surface area (TPSA) is 85.1 Å². The average molecular weight is 338 g/mol. The zero-order chi connectivity index (χ0) is 15.6. The molecule has 22 heavy (non-hydrogen) atoms. The highest BCUT2D eigenvalue weighted by Crippen LogP contribution is 2.19. The van der Waals surface area contributed by atoms with E-state index in [1.807, 2.05) is 0 Å². The van der Waals surface area contributed by atoms with Crippen molar-refractivity contribution in [1.82, 2.24) is 14.9 Å². The Labute approximate surface area is 132 Å². The van der Waals surface area contributed by atoms with Crippen molar-refractivity contribution in [2.75, 3.05) is 0 Å². The summed E-state index contributed by atoms with van der Waals surface area (Å²) in [6.07, 6.45) is 1.47. The molecular formula is C14H12ClN3O3S. The highest BCUT2D eigenvalue weighted by atomic mass is 35.5. The molecular weight excluding hydrogens is 326 g/mol. The number of fused-ring (bicyclic) bond motifs is 1. The van der Waals surface area contributed by atoms with Crippen LogP contribution in [0.5, 0.6) is 0 Å². The Morgan fingerprint density at radius 3 is 2.77 bits per heavy atom. The molecule has 0 saturated carbocycles. The molecule has 0 aliphatic rings. The van der Waals surface area contributed by atoms with E-state index >= 15 is 0 Å². The predicted molar refractivity (Wildman–Crippen MR) is 82.7 cm³/mol. The minimum absolute atomic E-state index is 0.0925. The van der Waals surface area contributed by atoms with Crippen molar-refractivity contribution in [3.8, 4) is 0 Å². The normalized spacial score (nSPS) is 11.9. The van der Waals surface area contributed by atoms with Crippen LogP contribution in [0, 0.1) is 0 Å². The number of pyridine rings is 1. The fourth-order valence-corrected chi connectivity index (χ4v) is 3.12. The van der Waals surface area contributed by atoms with Crippen molar-refractivity contribution in [2.24, 2.45) is 0 Å². The fraction of sp³-hybridized carbons (Fsp3) is 0.143. The molecule has 0 unspecified atom stereocenters. The number of nitrogens with one attached hydrogen (secondary N) is 1. The third-order valence-corrected chi connectivity index (χ3v) is 4.50. The molecule has 6 nitrogen and oxygen atoms in total. The lowest BCUT2D eigenvalue weighted by Crippen LogP contribution is -2.25. The van der Waals surface area contributed by atoms with Gasteiger partial charge in [0.1, 0.15) is 11.4 Å². The van der Waals surface area contributed by atoms with Crippen molar-refractivity contribution in [3.05, 3.63) is 59.0 Å². The predicted octanol–water partition coefficient (Wildman–Crippen LogP) is 2.50. The van der Waals surface area contributed by atoms with Gasteiger partial charge in [-0.1, -0.05) is 28.9 Å². The maximum Gasteiger partial charge on any atom is 0.217 e. The molecule has 3 rings (SSSR count). The van der Waals surface area contributed by atoms with Crippen molar-refractivity contribution < 1.29 is 12.9 Å². The van der Waals surface area contributed by atoms with Crippen molar-refractivity contribution in [3.63, 3.8) is 0 Å².